The Balaban J connectivity index is 2.01. The minimum absolute atomic E-state index is 0.0344. The third-order valence-electron chi connectivity index (χ3n) is 3.40. The first-order chi connectivity index (χ1) is 11.0. The monoisotopic (exact) mass is 317 g/mol. The molecule has 0 atom stereocenters. The van der Waals surface area contributed by atoms with Crippen LogP contribution in [0.1, 0.15) is 19.5 Å². The van der Waals surface area contributed by atoms with Crippen LogP contribution in [-0.4, -0.2) is 24.4 Å². The molecule has 5 heteroatoms. The van der Waals surface area contributed by atoms with Crippen LogP contribution in [-0.2, 0) is 6.54 Å². The fraction of sp³-hybridized carbons (Fsp3) is 0.389. The Morgan fingerprint density at radius 1 is 1.09 bits per heavy atom. The molecule has 0 aliphatic rings. The van der Waals surface area contributed by atoms with Crippen LogP contribution in [0.4, 0.5) is 0 Å². The quantitative estimate of drug-likeness (QED) is 0.787. The maximum atomic E-state index is 11.9. The number of pyridine rings is 1. The molecule has 0 fully saturated rings. The lowest BCUT2D eigenvalue weighted by molar-refractivity contribution is 0.234. The fourth-order valence-electron chi connectivity index (χ4n) is 2.21. The zero-order valence-electron chi connectivity index (χ0n) is 14.0. The molecule has 1 aromatic heterocycles. The molecule has 2 rings (SSSR count). The van der Waals surface area contributed by atoms with Crippen molar-refractivity contribution in [1.29, 1.82) is 0 Å². The molecule has 1 heterocycles. The van der Waals surface area contributed by atoms with Crippen LogP contribution in [0.3, 0.4) is 0 Å². The van der Waals surface area contributed by atoms with E-state index in [0.717, 1.165) is 17.2 Å². The first kappa shape index (κ1) is 16.9. The summed E-state index contributed by atoms with van der Waals surface area (Å²) in [4.78, 5) is 11.9. The second-order valence-electron chi connectivity index (χ2n) is 5.48. The Kier molecular flexibility index (Phi) is 5.68. The normalized spacial score (nSPS) is 10.7. The molecule has 0 saturated heterocycles. The lowest BCUT2D eigenvalue weighted by Crippen LogP contribution is -2.20. The van der Waals surface area contributed by atoms with Gasteiger partial charge in [0.05, 0.1) is 25.5 Å². The predicted molar refractivity (Wildman–Crippen MR) is 89.7 cm³/mol. The molecule has 0 saturated carbocycles. The second kappa shape index (κ2) is 7.72. The smallest absolute Gasteiger partial charge is 0.223 e. The van der Waals surface area contributed by atoms with E-state index in [1.54, 1.807) is 13.3 Å². The highest BCUT2D eigenvalue weighted by Crippen LogP contribution is 2.17. The standard InChI is InChI=1S/C18H23NO4/c1-13(2)23-18-14(3)19(10-9-17(18)20)11-12-22-16-7-5-15(21-4)6-8-16/h5-10,13H,11-12H2,1-4H3. The number of aromatic nitrogens is 1. The number of nitrogens with zero attached hydrogens (tertiary/aromatic N) is 1. The van der Waals surface area contributed by atoms with E-state index < -0.39 is 0 Å². The lowest BCUT2D eigenvalue weighted by Gasteiger charge is -2.16. The van der Waals surface area contributed by atoms with Gasteiger partial charge in [-0.3, -0.25) is 4.79 Å². The van der Waals surface area contributed by atoms with Crippen molar-refractivity contribution in [2.24, 2.45) is 0 Å². The number of rotatable bonds is 7. The second-order valence-corrected chi connectivity index (χ2v) is 5.48. The summed E-state index contributed by atoms with van der Waals surface area (Å²) in [7, 11) is 1.63. The maximum Gasteiger partial charge on any atom is 0.223 e. The molecule has 0 aliphatic carbocycles. The van der Waals surface area contributed by atoms with E-state index in [1.165, 1.54) is 6.07 Å². The topological polar surface area (TPSA) is 49.7 Å². The summed E-state index contributed by atoms with van der Waals surface area (Å²) in [5, 5.41) is 0. The van der Waals surface area contributed by atoms with Crippen LogP contribution in [0.15, 0.2) is 41.3 Å². The van der Waals surface area contributed by atoms with Gasteiger partial charge >= 0.3 is 0 Å². The third-order valence-corrected chi connectivity index (χ3v) is 3.40. The van der Waals surface area contributed by atoms with E-state index in [4.69, 9.17) is 14.2 Å². The van der Waals surface area contributed by atoms with Gasteiger partial charge in [0, 0.05) is 12.3 Å². The van der Waals surface area contributed by atoms with E-state index in [1.807, 2.05) is 49.6 Å². The van der Waals surface area contributed by atoms with Crippen molar-refractivity contribution in [3.63, 3.8) is 0 Å². The van der Waals surface area contributed by atoms with Crippen LogP contribution in [0, 0.1) is 6.92 Å². The van der Waals surface area contributed by atoms with Gasteiger partial charge < -0.3 is 18.8 Å². The van der Waals surface area contributed by atoms with Gasteiger partial charge in [0.1, 0.15) is 18.1 Å². The average molecular weight is 317 g/mol. The Hall–Kier alpha value is -2.43. The molecule has 0 bridgehead atoms. The number of methoxy groups -OCH3 is 1. The van der Waals surface area contributed by atoms with Gasteiger partial charge in [0.25, 0.3) is 0 Å². The largest absolute Gasteiger partial charge is 0.497 e. The van der Waals surface area contributed by atoms with Gasteiger partial charge in [-0.15, -0.1) is 0 Å². The Morgan fingerprint density at radius 2 is 1.74 bits per heavy atom. The molecule has 0 aliphatic heterocycles. The van der Waals surface area contributed by atoms with E-state index in [9.17, 15) is 4.79 Å². The number of benzene rings is 1. The van der Waals surface area contributed by atoms with Crippen molar-refractivity contribution >= 4 is 0 Å². The molecule has 5 nitrogen and oxygen atoms in total. The van der Waals surface area contributed by atoms with E-state index in [2.05, 4.69) is 0 Å². The summed E-state index contributed by atoms with van der Waals surface area (Å²) in [6.07, 6.45) is 1.73. The highest BCUT2D eigenvalue weighted by Gasteiger charge is 2.10. The zero-order chi connectivity index (χ0) is 16.8. The predicted octanol–water partition coefficient (Wildman–Crippen LogP) is 3.03. The van der Waals surface area contributed by atoms with Crippen LogP contribution in [0.2, 0.25) is 0 Å². The first-order valence-electron chi connectivity index (χ1n) is 7.65. The van der Waals surface area contributed by atoms with Gasteiger partial charge in [0.15, 0.2) is 5.75 Å². The van der Waals surface area contributed by atoms with E-state index >= 15 is 0 Å². The van der Waals surface area contributed by atoms with Crippen molar-refractivity contribution in [3.8, 4) is 17.2 Å². The number of hydrogen-bond acceptors (Lipinski definition) is 4. The van der Waals surface area contributed by atoms with Crippen molar-refractivity contribution in [3.05, 3.63) is 52.4 Å². The molecule has 0 radical (unpaired) electrons. The highest BCUT2D eigenvalue weighted by molar-refractivity contribution is 5.31. The summed E-state index contributed by atoms with van der Waals surface area (Å²) in [5.74, 6) is 1.99. The molecular formula is C18H23NO4. The van der Waals surface area contributed by atoms with Crippen LogP contribution >= 0.6 is 0 Å². The van der Waals surface area contributed by atoms with Gasteiger partial charge in [-0.2, -0.15) is 0 Å². The summed E-state index contributed by atoms with van der Waals surface area (Å²) < 4.78 is 18.4. The van der Waals surface area contributed by atoms with Crippen molar-refractivity contribution in [1.82, 2.24) is 4.57 Å². The van der Waals surface area contributed by atoms with Gasteiger partial charge in [0.2, 0.25) is 5.43 Å². The van der Waals surface area contributed by atoms with Crippen LogP contribution in [0.5, 0.6) is 17.2 Å². The molecule has 124 valence electrons. The molecule has 1 aromatic carbocycles. The Bertz CT molecular complexity index is 689. The Morgan fingerprint density at radius 3 is 2.35 bits per heavy atom. The summed E-state index contributed by atoms with van der Waals surface area (Å²) in [6, 6.07) is 8.97. The van der Waals surface area contributed by atoms with Gasteiger partial charge in [-0.05, 0) is 45.0 Å². The number of hydrogen-bond donors (Lipinski definition) is 0. The molecular weight excluding hydrogens is 294 g/mol. The SMILES string of the molecule is COc1ccc(OCCn2ccc(=O)c(OC(C)C)c2C)cc1. The van der Waals surface area contributed by atoms with Crippen molar-refractivity contribution < 1.29 is 14.2 Å². The van der Waals surface area contributed by atoms with E-state index in [0.29, 0.717) is 18.9 Å². The van der Waals surface area contributed by atoms with Crippen molar-refractivity contribution in [2.75, 3.05) is 13.7 Å². The lowest BCUT2D eigenvalue weighted by atomic mass is 10.3. The molecule has 0 amide bonds. The summed E-state index contributed by atoms with van der Waals surface area (Å²) in [5.41, 5.74) is 0.716. The average Bonchev–Trinajstić information content (AvgIpc) is 2.54. The summed E-state index contributed by atoms with van der Waals surface area (Å²) in [6.45, 7) is 6.82. The minimum atomic E-state index is -0.0940. The maximum absolute atomic E-state index is 11.9. The number of ether oxygens (including phenoxy) is 3. The fourth-order valence-corrected chi connectivity index (χ4v) is 2.21. The Labute approximate surface area is 136 Å². The highest BCUT2D eigenvalue weighted by atomic mass is 16.5. The molecule has 23 heavy (non-hydrogen) atoms. The third kappa shape index (κ3) is 4.52. The zero-order valence-corrected chi connectivity index (χ0v) is 14.0. The summed E-state index contributed by atoms with van der Waals surface area (Å²) >= 11 is 0. The molecule has 0 N–H and O–H groups in total. The van der Waals surface area contributed by atoms with Crippen LogP contribution < -0.4 is 19.6 Å². The van der Waals surface area contributed by atoms with Gasteiger partial charge in [-0.1, -0.05) is 0 Å². The molecule has 2 aromatic rings. The minimum Gasteiger partial charge on any atom is -0.497 e. The molecule has 0 spiro atoms. The van der Waals surface area contributed by atoms with Gasteiger partial charge in [-0.25, -0.2) is 0 Å². The first-order valence-corrected chi connectivity index (χ1v) is 7.65. The van der Waals surface area contributed by atoms with Crippen molar-refractivity contribution in [2.45, 2.75) is 33.4 Å². The molecule has 0 unspecified atom stereocenters. The van der Waals surface area contributed by atoms with E-state index in [-0.39, 0.29) is 11.5 Å². The van der Waals surface area contributed by atoms with Crippen LogP contribution in [0.25, 0.3) is 0 Å².